The number of nitrogens with one attached hydrogen (secondary N) is 2. The van der Waals surface area contributed by atoms with E-state index in [4.69, 9.17) is 28.4 Å². The predicted molar refractivity (Wildman–Crippen MR) is 187 cm³/mol. The zero-order valence-electron chi connectivity index (χ0n) is 31.9. The molecule has 0 aliphatic carbocycles. The van der Waals surface area contributed by atoms with Crippen LogP contribution in [0.4, 0.5) is 4.79 Å². The van der Waals surface area contributed by atoms with Crippen LogP contribution in [0.15, 0.2) is 12.3 Å². The minimum absolute atomic E-state index is 0.0642. The van der Waals surface area contributed by atoms with Crippen LogP contribution in [0.3, 0.4) is 0 Å². The standard InChI is InChI=1S/C36H55N5O12/c1-21-15-23(17-37-29(21)44)30(45)38-18-25-27(51-34(6,7)50-25)28-26(39-22(2)42)24(43)16-36(52-28,31(46)48-8)10-12-41-13-14-49-20-35(41)9-11-40(19-35)32(47)53-33(3,4)5/h15,17,24-28,43H,9-14,16,18-20H2,1-8H3,(H,37,44)(H,38,45)(H,39,42)/t24-,25+,26+,27+,28+,35-,36+/m0/s1. The fourth-order valence-electron chi connectivity index (χ4n) is 7.76. The number of rotatable bonds is 9. The molecule has 0 aromatic carbocycles. The number of carbonyl (C=O) groups is 4. The van der Waals surface area contributed by atoms with Gasteiger partial charge in [0, 0.05) is 64.2 Å². The Morgan fingerprint density at radius 2 is 1.85 bits per heavy atom. The molecule has 17 nitrogen and oxygen atoms in total. The van der Waals surface area contributed by atoms with E-state index in [1.165, 1.54) is 26.3 Å². The van der Waals surface area contributed by atoms with Crippen molar-refractivity contribution in [3.63, 3.8) is 0 Å². The Balaban J connectivity index is 1.39. The van der Waals surface area contributed by atoms with Crippen molar-refractivity contribution in [2.45, 2.75) is 121 Å². The second-order valence-corrected chi connectivity index (χ2v) is 15.9. The van der Waals surface area contributed by atoms with Gasteiger partial charge in [-0.15, -0.1) is 0 Å². The van der Waals surface area contributed by atoms with E-state index in [1.807, 2.05) is 20.8 Å². The first kappa shape index (κ1) is 40.6. The second kappa shape index (κ2) is 15.6. The van der Waals surface area contributed by atoms with Gasteiger partial charge in [-0.3, -0.25) is 14.5 Å². The first-order chi connectivity index (χ1) is 24.8. The smallest absolute Gasteiger partial charge is 0.410 e. The second-order valence-electron chi connectivity index (χ2n) is 15.9. The van der Waals surface area contributed by atoms with Gasteiger partial charge in [0.05, 0.1) is 43.6 Å². The van der Waals surface area contributed by atoms with Gasteiger partial charge in [-0.2, -0.15) is 0 Å². The molecular weight excluding hydrogens is 694 g/mol. The molecule has 0 radical (unpaired) electrons. The van der Waals surface area contributed by atoms with Gasteiger partial charge >= 0.3 is 12.1 Å². The Morgan fingerprint density at radius 1 is 1.11 bits per heavy atom. The number of hydrogen-bond acceptors (Lipinski definition) is 14. The number of methoxy groups -OCH3 is 1. The molecule has 296 valence electrons. The van der Waals surface area contributed by atoms with Crippen LogP contribution >= 0.6 is 0 Å². The number of hydrogen-bond donors (Lipinski definition) is 4. The van der Waals surface area contributed by atoms with E-state index in [9.17, 15) is 29.4 Å². The van der Waals surface area contributed by atoms with Gasteiger partial charge in [-0.25, -0.2) is 14.6 Å². The lowest BCUT2D eigenvalue weighted by Crippen LogP contribution is -2.68. The van der Waals surface area contributed by atoms with Crippen molar-refractivity contribution >= 4 is 23.9 Å². The van der Waals surface area contributed by atoms with Crippen molar-refractivity contribution in [3.05, 3.63) is 23.4 Å². The van der Waals surface area contributed by atoms with Crippen LogP contribution in [-0.4, -0.2) is 155 Å². The Kier molecular flexibility index (Phi) is 12.0. The van der Waals surface area contributed by atoms with E-state index in [0.29, 0.717) is 51.4 Å². The third-order valence-corrected chi connectivity index (χ3v) is 10.2. The van der Waals surface area contributed by atoms with Crippen LogP contribution in [0.5, 0.6) is 5.88 Å². The van der Waals surface area contributed by atoms with Crippen molar-refractivity contribution < 1.29 is 57.8 Å². The highest BCUT2D eigenvalue weighted by atomic mass is 16.8. The number of likely N-dealkylation sites (tertiary alicyclic amines) is 1. The van der Waals surface area contributed by atoms with Gasteiger partial charge < -0.3 is 54.2 Å². The summed E-state index contributed by atoms with van der Waals surface area (Å²) >= 11 is 0. The third-order valence-electron chi connectivity index (χ3n) is 10.2. The lowest BCUT2D eigenvalue weighted by atomic mass is 9.81. The lowest BCUT2D eigenvalue weighted by Gasteiger charge is -2.49. The lowest BCUT2D eigenvalue weighted by molar-refractivity contribution is -0.234. The minimum Gasteiger partial charge on any atom is -0.493 e. The molecule has 0 bridgehead atoms. The number of morpholine rings is 1. The zero-order chi connectivity index (χ0) is 38.9. The molecule has 4 N–H and O–H groups in total. The Bertz CT molecular complexity index is 1540. The molecule has 3 amide bonds. The number of amides is 3. The van der Waals surface area contributed by atoms with E-state index >= 15 is 0 Å². The summed E-state index contributed by atoms with van der Waals surface area (Å²) in [5, 5.41) is 27.1. The van der Waals surface area contributed by atoms with Crippen LogP contribution < -0.4 is 10.6 Å². The maximum absolute atomic E-state index is 13.8. The summed E-state index contributed by atoms with van der Waals surface area (Å²) in [7, 11) is 1.25. The summed E-state index contributed by atoms with van der Waals surface area (Å²) in [6, 6.07) is 0.490. The van der Waals surface area contributed by atoms with Crippen molar-refractivity contribution in [2.75, 3.05) is 53.0 Å². The maximum Gasteiger partial charge on any atom is 0.410 e. The van der Waals surface area contributed by atoms with E-state index in [-0.39, 0.29) is 30.8 Å². The molecule has 1 aromatic rings. The Hall–Kier alpha value is -3.61. The molecule has 4 aliphatic heterocycles. The molecule has 17 heteroatoms. The third kappa shape index (κ3) is 9.20. The van der Waals surface area contributed by atoms with Crippen molar-refractivity contribution in [3.8, 4) is 5.88 Å². The molecule has 4 fully saturated rings. The molecule has 53 heavy (non-hydrogen) atoms. The number of aliphatic hydroxyl groups excluding tert-OH is 1. The molecule has 4 aliphatic rings. The van der Waals surface area contributed by atoms with E-state index < -0.39 is 76.9 Å². The average Bonchev–Trinajstić information content (AvgIpc) is 3.64. The van der Waals surface area contributed by atoms with Crippen LogP contribution in [0, 0.1) is 6.92 Å². The quantitative estimate of drug-likeness (QED) is 0.260. The number of aromatic nitrogens is 1. The molecule has 1 aromatic heterocycles. The van der Waals surface area contributed by atoms with Gasteiger partial charge in [-0.1, -0.05) is 0 Å². The van der Waals surface area contributed by atoms with Gasteiger partial charge in [0.25, 0.3) is 5.91 Å². The number of aryl methyl sites for hydroxylation is 1. The van der Waals surface area contributed by atoms with Gasteiger partial charge in [0.2, 0.25) is 11.8 Å². The van der Waals surface area contributed by atoms with Crippen LogP contribution in [0.25, 0.3) is 0 Å². The number of aliphatic hydroxyl groups is 1. The van der Waals surface area contributed by atoms with Crippen molar-refractivity contribution in [2.24, 2.45) is 0 Å². The van der Waals surface area contributed by atoms with Crippen LogP contribution in [-0.2, 0) is 38.0 Å². The number of pyridine rings is 1. The van der Waals surface area contributed by atoms with Crippen LogP contribution in [0.2, 0.25) is 0 Å². The summed E-state index contributed by atoms with van der Waals surface area (Å²) in [6.07, 6.45) is -2.83. The summed E-state index contributed by atoms with van der Waals surface area (Å²) < 4.78 is 36.2. The molecule has 1 spiro atoms. The minimum atomic E-state index is -1.67. The maximum atomic E-state index is 13.8. The molecule has 7 atom stereocenters. The summed E-state index contributed by atoms with van der Waals surface area (Å²) in [5.41, 5.74) is -2.20. The number of carbonyl (C=O) groups excluding carboxylic acids is 4. The van der Waals surface area contributed by atoms with Crippen molar-refractivity contribution in [1.82, 2.24) is 25.4 Å². The fourth-order valence-corrected chi connectivity index (χ4v) is 7.76. The molecule has 0 unspecified atom stereocenters. The average molecular weight is 750 g/mol. The van der Waals surface area contributed by atoms with Gasteiger partial charge in [-0.05, 0) is 54.0 Å². The molecule has 5 rings (SSSR count). The fraction of sp³-hybridized carbons (Fsp3) is 0.750. The largest absolute Gasteiger partial charge is 0.493 e. The van der Waals surface area contributed by atoms with Gasteiger partial charge in [0.15, 0.2) is 11.4 Å². The summed E-state index contributed by atoms with van der Waals surface area (Å²) in [6.45, 7) is 14.3. The number of nitrogens with zero attached hydrogens (tertiary/aromatic N) is 3. The monoisotopic (exact) mass is 749 g/mol. The molecule has 0 saturated carbocycles. The zero-order valence-corrected chi connectivity index (χ0v) is 31.9. The predicted octanol–water partition coefficient (Wildman–Crippen LogP) is 1.01. The molecule has 5 heterocycles. The summed E-state index contributed by atoms with van der Waals surface area (Å²) in [5.74, 6) is -2.96. The Morgan fingerprint density at radius 3 is 2.51 bits per heavy atom. The van der Waals surface area contributed by atoms with Crippen molar-refractivity contribution in [1.29, 1.82) is 0 Å². The highest BCUT2D eigenvalue weighted by molar-refractivity contribution is 5.94. The van der Waals surface area contributed by atoms with E-state index in [0.717, 1.165) is 0 Å². The first-order valence-electron chi connectivity index (χ1n) is 18.1. The highest BCUT2D eigenvalue weighted by Crippen LogP contribution is 2.41. The van der Waals surface area contributed by atoms with E-state index in [2.05, 4.69) is 20.5 Å². The molecule has 4 saturated heterocycles. The SMILES string of the molecule is COC(=O)[C@@]1(CCN2CCOC[C@@]23CCN(C(=O)OC(C)(C)C)C3)C[C@H](O)[C@@H](NC(C)=O)[C@H]([C@@H]2OC(C)(C)O[C@@H]2CNC(=O)c2cnc(O)c(C)c2)O1. The number of ether oxygens (including phenoxy) is 6. The topological polar surface area (TPSA) is 208 Å². The first-order valence-corrected chi connectivity index (χ1v) is 18.1. The number of aromatic hydroxyl groups is 1. The number of esters is 1. The Labute approximate surface area is 309 Å². The molecular formula is C36H55N5O12. The normalized spacial score (nSPS) is 31.6. The van der Waals surface area contributed by atoms with E-state index in [1.54, 1.807) is 25.7 Å². The van der Waals surface area contributed by atoms with Crippen LogP contribution in [0.1, 0.15) is 76.7 Å². The van der Waals surface area contributed by atoms with Gasteiger partial charge in [0.1, 0.15) is 23.9 Å². The summed E-state index contributed by atoms with van der Waals surface area (Å²) in [4.78, 5) is 60.1. The highest BCUT2D eigenvalue weighted by Gasteiger charge is 2.59.